The van der Waals surface area contributed by atoms with E-state index >= 15 is 0 Å². The summed E-state index contributed by atoms with van der Waals surface area (Å²) in [7, 11) is 0. The molecule has 128 valence electrons. The van der Waals surface area contributed by atoms with Gasteiger partial charge in [0.25, 0.3) is 0 Å². The fraction of sp³-hybridized carbons (Fsp3) is 0.450. The van der Waals surface area contributed by atoms with Crippen molar-refractivity contribution in [2.24, 2.45) is 0 Å². The first-order valence-corrected chi connectivity index (χ1v) is 8.89. The van der Waals surface area contributed by atoms with Crippen LogP contribution in [0.15, 0.2) is 48.8 Å². The van der Waals surface area contributed by atoms with Gasteiger partial charge in [-0.15, -0.1) is 0 Å². The molecule has 0 aliphatic carbocycles. The summed E-state index contributed by atoms with van der Waals surface area (Å²) < 4.78 is 5.50. The quantitative estimate of drug-likeness (QED) is 0.783. The molecule has 1 saturated heterocycles. The Balaban J connectivity index is 1.40. The smallest absolute Gasteiger partial charge is 0.119 e. The molecule has 0 atom stereocenters. The van der Waals surface area contributed by atoms with Gasteiger partial charge in [0.05, 0.1) is 6.61 Å². The molecule has 0 bridgehead atoms. The lowest BCUT2D eigenvalue weighted by molar-refractivity contribution is 0.128. The van der Waals surface area contributed by atoms with E-state index in [0.29, 0.717) is 0 Å². The van der Waals surface area contributed by atoms with E-state index < -0.39 is 0 Å². The molecule has 0 unspecified atom stereocenters. The number of aromatic nitrogens is 1. The standard InChI is InChI=1S/C20H27N3O/c1-2-24-20-7-5-19(6-8-20)17-23-14-12-22(13-15-23)11-9-18-4-3-10-21-16-18/h3-8,10,16H,2,9,11-15,17H2,1H3. The Bertz CT molecular complexity index is 592. The van der Waals surface area contributed by atoms with Crippen molar-refractivity contribution in [3.63, 3.8) is 0 Å². The molecule has 1 aliphatic rings. The third-order valence-corrected chi connectivity index (χ3v) is 4.54. The lowest BCUT2D eigenvalue weighted by Crippen LogP contribution is -2.46. The summed E-state index contributed by atoms with van der Waals surface area (Å²) in [5.74, 6) is 0.960. The average molecular weight is 325 g/mol. The molecule has 0 saturated carbocycles. The molecular formula is C20H27N3O. The number of benzene rings is 1. The molecule has 0 N–H and O–H groups in total. The molecule has 1 aromatic heterocycles. The highest BCUT2D eigenvalue weighted by atomic mass is 16.5. The van der Waals surface area contributed by atoms with E-state index in [1.165, 1.54) is 11.1 Å². The predicted molar refractivity (Wildman–Crippen MR) is 97.3 cm³/mol. The van der Waals surface area contributed by atoms with Gasteiger partial charge in [-0.3, -0.25) is 9.88 Å². The van der Waals surface area contributed by atoms with Crippen molar-refractivity contribution < 1.29 is 4.74 Å². The Hall–Kier alpha value is -1.91. The number of rotatable bonds is 7. The maximum absolute atomic E-state index is 5.50. The van der Waals surface area contributed by atoms with Crippen molar-refractivity contribution in [1.29, 1.82) is 0 Å². The van der Waals surface area contributed by atoms with Gasteiger partial charge in [-0.1, -0.05) is 18.2 Å². The SMILES string of the molecule is CCOc1ccc(CN2CCN(CCc3cccnc3)CC2)cc1. The molecule has 0 radical (unpaired) electrons. The summed E-state index contributed by atoms with van der Waals surface area (Å²) in [5, 5.41) is 0. The van der Waals surface area contributed by atoms with Crippen LogP contribution in [0.25, 0.3) is 0 Å². The van der Waals surface area contributed by atoms with Crippen molar-refractivity contribution in [2.45, 2.75) is 19.9 Å². The van der Waals surface area contributed by atoms with Crippen LogP contribution in [0.2, 0.25) is 0 Å². The molecule has 3 rings (SSSR count). The summed E-state index contributed by atoms with van der Waals surface area (Å²) >= 11 is 0. The lowest BCUT2D eigenvalue weighted by Gasteiger charge is -2.34. The Morgan fingerprint density at radius 2 is 1.71 bits per heavy atom. The van der Waals surface area contributed by atoms with Crippen molar-refractivity contribution in [3.05, 3.63) is 59.9 Å². The predicted octanol–water partition coefficient (Wildman–Crippen LogP) is 2.84. The van der Waals surface area contributed by atoms with Crippen molar-refractivity contribution in [1.82, 2.24) is 14.8 Å². The van der Waals surface area contributed by atoms with E-state index in [1.807, 2.05) is 25.4 Å². The van der Waals surface area contributed by atoms with Gasteiger partial charge < -0.3 is 9.64 Å². The number of pyridine rings is 1. The topological polar surface area (TPSA) is 28.6 Å². The van der Waals surface area contributed by atoms with Crippen LogP contribution in [0.1, 0.15) is 18.1 Å². The van der Waals surface area contributed by atoms with Gasteiger partial charge in [0, 0.05) is 51.7 Å². The van der Waals surface area contributed by atoms with Gasteiger partial charge in [0.2, 0.25) is 0 Å². The summed E-state index contributed by atoms with van der Waals surface area (Å²) in [6.45, 7) is 9.47. The highest BCUT2D eigenvalue weighted by molar-refractivity contribution is 5.27. The van der Waals surface area contributed by atoms with Gasteiger partial charge in [-0.25, -0.2) is 0 Å². The first-order chi connectivity index (χ1) is 11.8. The van der Waals surface area contributed by atoms with Crippen molar-refractivity contribution >= 4 is 0 Å². The third-order valence-electron chi connectivity index (χ3n) is 4.54. The summed E-state index contributed by atoms with van der Waals surface area (Å²) in [6, 6.07) is 12.7. The van der Waals surface area contributed by atoms with E-state index in [2.05, 4.69) is 45.1 Å². The van der Waals surface area contributed by atoms with E-state index in [4.69, 9.17) is 4.74 Å². The van der Waals surface area contributed by atoms with E-state index in [0.717, 1.165) is 58.0 Å². The molecule has 4 heteroatoms. The lowest BCUT2D eigenvalue weighted by atomic mass is 10.1. The van der Waals surface area contributed by atoms with E-state index in [-0.39, 0.29) is 0 Å². The number of nitrogens with zero attached hydrogens (tertiary/aromatic N) is 3. The van der Waals surface area contributed by atoms with Crippen LogP contribution in [0.4, 0.5) is 0 Å². The van der Waals surface area contributed by atoms with Crippen molar-refractivity contribution in [2.75, 3.05) is 39.3 Å². The van der Waals surface area contributed by atoms with Crippen LogP contribution < -0.4 is 4.74 Å². The van der Waals surface area contributed by atoms with Crippen molar-refractivity contribution in [3.8, 4) is 5.75 Å². The molecule has 2 aromatic rings. The Labute approximate surface area is 145 Å². The molecule has 1 aromatic carbocycles. The van der Waals surface area contributed by atoms with Crippen LogP contribution in [0.5, 0.6) is 5.75 Å². The number of hydrogen-bond acceptors (Lipinski definition) is 4. The number of piperazine rings is 1. The maximum Gasteiger partial charge on any atom is 0.119 e. The molecular weight excluding hydrogens is 298 g/mol. The second kappa shape index (κ2) is 8.81. The summed E-state index contributed by atoms with van der Waals surface area (Å²) in [5.41, 5.74) is 2.69. The molecule has 2 heterocycles. The third kappa shape index (κ3) is 5.05. The molecule has 24 heavy (non-hydrogen) atoms. The average Bonchev–Trinajstić information content (AvgIpc) is 2.64. The van der Waals surface area contributed by atoms with Crippen LogP contribution in [0, 0.1) is 0 Å². The van der Waals surface area contributed by atoms with E-state index in [1.54, 1.807) is 0 Å². The van der Waals surface area contributed by atoms with Crippen LogP contribution in [-0.4, -0.2) is 54.1 Å². The van der Waals surface area contributed by atoms with Gasteiger partial charge in [0.1, 0.15) is 5.75 Å². The first kappa shape index (κ1) is 16.9. The van der Waals surface area contributed by atoms with Crippen LogP contribution in [0.3, 0.4) is 0 Å². The van der Waals surface area contributed by atoms with Gasteiger partial charge in [-0.2, -0.15) is 0 Å². The normalized spacial score (nSPS) is 16.2. The van der Waals surface area contributed by atoms with Gasteiger partial charge in [-0.05, 0) is 42.7 Å². The zero-order chi connectivity index (χ0) is 16.6. The second-order valence-electron chi connectivity index (χ2n) is 6.31. The summed E-state index contributed by atoms with van der Waals surface area (Å²) in [6.07, 6.45) is 4.90. The fourth-order valence-electron chi connectivity index (χ4n) is 3.12. The van der Waals surface area contributed by atoms with Crippen LogP contribution >= 0.6 is 0 Å². The minimum atomic E-state index is 0.723. The minimum absolute atomic E-state index is 0.723. The minimum Gasteiger partial charge on any atom is -0.494 e. The zero-order valence-corrected chi connectivity index (χ0v) is 14.5. The maximum atomic E-state index is 5.50. The molecule has 1 fully saturated rings. The molecule has 4 nitrogen and oxygen atoms in total. The Morgan fingerprint density at radius 1 is 0.958 bits per heavy atom. The van der Waals surface area contributed by atoms with Crippen LogP contribution in [-0.2, 0) is 13.0 Å². The monoisotopic (exact) mass is 325 g/mol. The number of hydrogen-bond donors (Lipinski definition) is 0. The van der Waals surface area contributed by atoms with Gasteiger partial charge in [0.15, 0.2) is 0 Å². The summed E-state index contributed by atoms with van der Waals surface area (Å²) in [4.78, 5) is 9.28. The Kier molecular flexibility index (Phi) is 6.21. The van der Waals surface area contributed by atoms with Gasteiger partial charge >= 0.3 is 0 Å². The fourth-order valence-corrected chi connectivity index (χ4v) is 3.12. The molecule has 0 amide bonds. The van der Waals surface area contributed by atoms with E-state index in [9.17, 15) is 0 Å². The largest absolute Gasteiger partial charge is 0.494 e. The second-order valence-corrected chi connectivity index (χ2v) is 6.31. The number of ether oxygens (including phenoxy) is 1. The molecule has 0 spiro atoms. The highest BCUT2D eigenvalue weighted by Gasteiger charge is 2.16. The molecule has 1 aliphatic heterocycles. The Morgan fingerprint density at radius 3 is 2.38 bits per heavy atom. The highest BCUT2D eigenvalue weighted by Crippen LogP contribution is 2.15. The zero-order valence-electron chi connectivity index (χ0n) is 14.5. The first-order valence-electron chi connectivity index (χ1n) is 8.89.